The molecular formula is C7H11F3. The highest BCUT2D eigenvalue weighted by Crippen LogP contribution is 2.72. The molecule has 0 amide bonds. The third-order valence-corrected chi connectivity index (χ3v) is 2.96. The predicted octanol–water partition coefficient (Wildman–Crippen LogP) is 2.78. The maximum absolute atomic E-state index is 12.9. The Hall–Kier alpha value is -0.210. The van der Waals surface area contributed by atoms with Crippen LogP contribution in [-0.2, 0) is 0 Å². The summed E-state index contributed by atoms with van der Waals surface area (Å²) in [6.45, 7) is 3.84. The number of rotatable bonds is 1. The SMILES string of the molecule is CCC1(C)C(C)(F)C1(F)F. The summed E-state index contributed by atoms with van der Waals surface area (Å²) in [6.07, 6.45) is 0.188. The molecule has 0 aromatic carbocycles. The van der Waals surface area contributed by atoms with Crippen molar-refractivity contribution in [3.63, 3.8) is 0 Å². The standard InChI is InChI=1S/C7H11F3/c1-4-5(2)6(3,8)7(5,9)10/h4H2,1-3H3. The van der Waals surface area contributed by atoms with Gasteiger partial charge in [0.1, 0.15) is 0 Å². The van der Waals surface area contributed by atoms with Crippen LogP contribution < -0.4 is 0 Å². The van der Waals surface area contributed by atoms with Gasteiger partial charge in [-0.3, -0.25) is 0 Å². The van der Waals surface area contributed by atoms with E-state index in [-0.39, 0.29) is 6.42 Å². The minimum absolute atomic E-state index is 0.188. The lowest BCUT2D eigenvalue weighted by molar-refractivity contribution is 0.0377. The Labute approximate surface area is 58.4 Å². The average Bonchev–Trinajstić information content (AvgIpc) is 2.11. The maximum Gasteiger partial charge on any atom is 0.290 e. The van der Waals surface area contributed by atoms with E-state index in [0.29, 0.717) is 0 Å². The van der Waals surface area contributed by atoms with Crippen molar-refractivity contribution in [2.24, 2.45) is 5.41 Å². The number of hydrogen-bond donors (Lipinski definition) is 0. The smallest absolute Gasteiger partial charge is 0.237 e. The van der Waals surface area contributed by atoms with Gasteiger partial charge in [-0.05, 0) is 13.3 Å². The monoisotopic (exact) mass is 152 g/mol. The Morgan fingerprint density at radius 2 is 1.40 bits per heavy atom. The summed E-state index contributed by atoms with van der Waals surface area (Å²) in [6, 6.07) is 0. The Balaban J connectivity index is 2.90. The molecule has 1 aliphatic rings. The molecule has 0 aromatic heterocycles. The molecule has 3 heteroatoms. The van der Waals surface area contributed by atoms with Crippen LogP contribution in [0.5, 0.6) is 0 Å². The summed E-state index contributed by atoms with van der Waals surface area (Å²) >= 11 is 0. The van der Waals surface area contributed by atoms with Gasteiger partial charge in [0.25, 0.3) is 5.92 Å². The molecule has 0 spiro atoms. The zero-order valence-electron chi connectivity index (χ0n) is 6.34. The molecule has 1 aliphatic carbocycles. The molecular weight excluding hydrogens is 141 g/mol. The van der Waals surface area contributed by atoms with Crippen LogP contribution in [0, 0.1) is 5.41 Å². The average molecular weight is 152 g/mol. The third kappa shape index (κ3) is 0.465. The van der Waals surface area contributed by atoms with Crippen LogP contribution in [0.25, 0.3) is 0 Å². The molecule has 60 valence electrons. The van der Waals surface area contributed by atoms with E-state index in [0.717, 1.165) is 6.92 Å². The lowest BCUT2D eigenvalue weighted by Crippen LogP contribution is -2.05. The normalized spacial score (nSPS) is 51.0. The van der Waals surface area contributed by atoms with Crippen molar-refractivity contribution in [3.8, 4) is 0 Å². The van der Waals surface area contributed by atoms with E-state index in [1.54, 1.807) is 6.92 Å². The molecule has 1 saturated carbocycles. The first-order valence-corrected chi connectivity index (χ1v) is 3.38. The van der Waals surface area contributed by atoms with Crippen molar-refractivity contribution in [2.75, 3.05) is 0 Å². The molecule has 0 aliphatic heterocycles. The first-order valence-electron chi connectivity index (χ1n) is 3.38. The van der Waals surface area contributed by atoms with Gasteiger partial charge in [0, 0.05) is 0 Å². The van der Waals surface area contributed by atoms with Crippen LogP contribution in [-0.4, -0.2) is 11.6 Å². The van der Waals surface area contributed by atoms with E-state index in [9.17, 15) is 13.2 Å². The van der Waals surface area contributed by atoms with E-state index in [1.165, 1.54) is 6.92 Å². The second kappa shape index (κ2) is 1.51. The zero-order chi connectivity index (χ0) is 8.21. The van der Waals surface area contributed by atoms with E-state index in [2.05, 4.69) is 0 Å². The Bertz CT molecular complexity index is 146. The molecule has 0 heterocycles. The van der Waals surface area contributed by atoms with Gasteiger partial charge in [-0.1, -0.05) is 13.8 Å². The first kappa shape index (κ1) is 7.89. The van der Waals surface area contributed by atoms with Crippen LogP contribution in [0.4, 0.5) is 13.2 Å². The van der Waals surface area contributed by atoms with Crippen LogP contribution in [0.15, 0.2) is 0 Å². The molecule has 0 nitrogen and oxygen atoms in total. The molecule has 1 fully saturated rings. The van der Waals surface area contributed by atoms with Crippen LogP contribution in [0.3, 0.4) is 0 Å². The lowest BCUT2D eigenvalue weighted by Gasteiger charge is -2.03. The largest absolute Gasteiger partial charge is 0.290 e. The maximum atomic E-state index is 12.9. The third-order valence-electron chi connectivity index (χ3n) is 2.96. The molecule has 0 N–H and O–H groups in total. The highest BCUT2D eigenvalue weighted by atomic mass is 19.3. The van der Waals surface area contributed by atoms with E-state index in [4.69, 9.17) is 0 Å². The van der Waals surface area contributed by atoms with Crippen molar-refractivity contribution in [1.82, 2.24) is 0 Å². The first-order chi connectivity index (χ1) is 4.31. The molecule has 2 atom stereocenters. The van der Waals surface area contributed by atoms with E-state index < -0.39 is 17.0 Å². The summed E-state index contributed by atoms with van der Waals surface area (Å²) in [5, 5.41) is 0. The van der Waals surface area contributed by atoms with E-state index >= 15 is 0 Å². The fraction of sp³-hybridized carbons (Fsp3) is 1.00. The predicted molar refractivity (Wildman–Crippen MR) is 32.9 cm³/mol. The Morgan fingerprint density at radius 1 is 1.10 bits per heavy atom. The molecule has 1 rings (SSSR count). The van der Waals surface area contributed by atoms with Gasteiger partial charge < -0.3 is 0 Å². The van der Waals surface area contributed by atoms with Crippen molar-refractivity contribution < 1.29 is 13.2 Å². The van der Waals surface area contributed by atoms with Gasteiger partial charge in [0.05, 0.1) is 5.41 Å². The summed E-state index contributed by atoms with van der Waals surface area (Å²) in [5.74, 6) is -3.12. The van der Waals surface area contributed by atoms with Gasteiger partial charge in [0.15, 0.2) is 5.67 Å². The number of hydrogen-bond acceptors (Lipinski definition) is 0. The second-order valence-corrected chi connectivity index (χ2v) is 3.26. The number of alkyl halides is 3. The summed E-state index contributed by atoms with van der Waals surface area (Å²) < 4.78 is 38.0. The topological polar surface area (TPSA) is 0 Å². The molecule has 0 radical (unpaired) electrons. The van der Waals surface area contributed by atoms with Crippen LogP contribution in [0.1, 0.15) is 27.2 Å². The summed E-state index contributed by atoms with van der Waals surface area (Å²) in [5.41, 5.74) is -3.70. The molecule has 0 saturated heterocycles. The van der Waals surface area contributed by atoms with Gasteiger partial charge in [-0.25, -0.2) is 13.2 Å². The Morgan fingerprint density at radius 3 is 1.40 bits per heavy atom. The fourth-order valence-electron chi connectivity index (χ4n) is 1.38. The van der Waals surface area contributed by atoms with Gasteiger partial charge in [-0.15, -0.1) is 0 Å². The number of halogens is 3. The highest BCUT2D eigenvalue weighted by Gasteiger charge is 2.87. The zero-order valence-corrected chi connectivity index (χ0v) is 6.34. The molecule has 10 heavy (non-hydrogen) atoms. The van der Waals surface area contributed by atoms with Gasteiger partial charge >= 0.3 is 0 Å². The second-order valence-electron chi connectivity index (χ2n) is 3.26. The van der Waals surface area contributed by atoms with Crippen molar-refractivity contribution in [3.05, 3.63) is 0 Å². The fourth-order valence-corrected chi connectivity index (χ4v) is 1.38. The Kier molecular flexibility index (Phi) is 1.19. The summed E-state index contributed by atoms with van der Waals surface area (Å²) in [7, 11) is 0. The quantitative estimate of drug-likeness (QED) is 0.542. The van der Waals surface area contributed by atoms with Crippen molar-refractivity contribution >= 4 is 0 Å². The van der Waals surface area contributed by atoms with Gasteiger partial charge in [-0.2, -0.15) is 0 Å². The molecule has 0 bridgehead atoms. The van der Waals surface area contributed by atoms with Gasteiger partial charge in [0.2, 0.25) is 0 Å². The van der Waals surface area contributed by atoms with Crippen molar-refractivity contribution in [2.45, 2.75) is 38.8 Å². The minimum atomic E-state index is -3.12. The lowest BCUT2D eigenvalue weighted by atomic mass is 10.0. The summed E-state index contributed by atoms with van der Waals surface area (Å²) in [4.78, 5) is 0. The van der Waals surface area contributed by atoms with E-state index in [1.807, 2.05) is 0 Å². The van der Waals surface area contributed by atoms with Crippen molar-refractivity contribution in [1.29, 1.82) is 0 Å². The minimum Gasteiger partial charge on any atom is -0.237 e. The molecule has 2 unspecified atom stereocenters. The van der Waals surface area contributed by atoms with Crippen LogP contribution in [0.2, 0.25) is 0 Å². The highest BCUT2D eigenvalue weighted by molar-refractivity contribution is 5.26. The molecule has 0 aromatic rings. The van der Waals surface area contributed by atoms with Crippen LogP contribution >= 0.6 is 0 Å².